The molecule has 4 rings (SSSR count). The van der Waals surface area contributed by atoms with Gasteiger partial charge in [-0.05, 0) is 35.9 Å². The molecule has 2 aliphatic rings. The molecule has 2 aliphatic heterocycles. The minimum Gasteiger partial charge on any atom is -0.490 e. The maximum absolute atomic E-state index is 11.6. The molecule has 0 bridgehead atoms. The molecular weight excluding hydrogens is 448 g/mol. The van der Waals surface area contributed by atoms with Crippen molar-refractivity contribution in [1.29, 1.82) is 0 Å². The number of fused-ring (bicyclic) bond motifs is 3. The molecule has 0 aromatic heterocycles. The Balaban J connectivity index is 1.12. The Hall–Kier alpha value is -3.20. The molecule has 0 spiro atoms. The van der Waals surface area contributed by atoms with Gasteiger partial charge in [-0.25, -0.2) is 0 Å². The molecule has 2 aromatic rings. The Morgan fingerprint density at radius 1 is 1.00 bits per heavy atom. The van der Waals surface area contributed by atoms with Crippen LogP contribution in [0, 0.1) is 6.92 Å². The summed E-state index contributed by atoms with van der Waals surface area (Å²) in [6.07, 6.45) is 4.95. The number of aryl methyl sites for hydroxylation is 1. The second kappa shape index (κ2) is 12.0. The van der Waals surface area contributed by atoms with Crippen LogP contribution in [0.15, 0.2) is 48.7 Å². The van der Waals surface area contributed by atoms with Gasteiger partial charge in [0.05, 0.1) is 45.3 Å². The third kappa shape index (κ3) is 5.90. The molecule has 8 heteroatoms. The summed E-state index contributed by atoms with van der Waals surface area (Å²) in [6, 6.07) is 8.15. The van der Waals surface area contributed by atoms with Crippen molar-refractivity contribution in [1.82, 2.24) is 4.90 Å². The lowest BCUT2D eigenvalue weighted by atomic mass is 9.97. The van der Waals surface area contributed by atoms with E-state index in [0.29, 0.717) is 65.0 Å². The Morgan fingerprint density at radius 3 is 2.40 bits per heavy atom. The number of anilines is 1. The molecule has 2 heterocycles. The van der Waals surface area contributed by atoms with Crippen molar-refractivity contribution in [3.8, 4) is 5.75 Å². The summed E-state index contributed by atoms with van der Waals surface area (Å²) >= 11 is 0. The predicted molar refractivity (Wildman–Crippen MR) is 134 cm³/mol. The van der Waals surface area contributed by atoms with E-state index in [9.17, 15) is 9.59 Å². The molecule has 0 saturated heterocycles. The Labute approximate surface area is 205 Å². The van der Waals surface area contributed by atoms with E-state index in [0.717, 1.165) is 29.7 Å². The molecule has 186 valence electrons. The first-order valence-electron chi connectivity index (χ1n) is 11.9. The third-order valence-corrected chi connectivity index (χ3v) is 6.18. The van der Waals surface area contributed by atoms with Crippen molar-refractivity contribution in [2.45, 2.75) is 13.3 Å². The largest absolute Gasteiger partial charge is 0.490 e. The van der Waals surface area contributed by atoms with Crippen molar-refractivity contribution in [3.05, 3.63) is 59.8 Å². The van der Waals surface area contributed by atoms with Crippen LogP contribution >= 0.6 is 0 Å². The van der Waals surface area contributed by atoms with Crippen LogP contribution in [-0.2, 0) is 30.2 Å². The van der Waals surface area contributed by atoms with Gasteiger partial charge < -0.3 is 28.7 Å². The van der Waals surface area contributed by atoms with Gasteiger partial charge in [0.2, 0.25) is 6.41 Å². The number of carbonyl (C=O) groups is 2. The minimum atomic E-state index is -0.0570. The maximum Gasteiger partial charge on any atom is 0.251 e. The van der Waals surface area contributed by atoms with Crippen molar-refractivity contribution in [3.63, 3.8) is 0 Å². The number of carbonyl (C=O) groups excluding carboxylic acids is 2. The monoisotopic (exact) mass is 480 g/mol. The summed E-state index contributed by atoms with van der Waals surface area (Å²) in [7, 11) is 0. The summed E-state index contributed by atoms with van der Waals surface area (Å²) in [5.41, 5.74) is 4.02. The lowest BCUT2D eigenvalue weighted by molar-refractivity contribution is -0.123. The van der Waals surface area contributed by atoms with Crippen LogP contribution in [-0.4, -0.2) is 76.6 Å². The van der Waals surface area contributed by atoms with Crippen LogP contribution in [0.25, 0.3) is 10.8 Å². The van der Waals surface area contributed by atoms with Gasteiger partial charge in [-0.3, -0.25) is 9.59 Å². The SMILES string of the molecule is C=C1C=CC(=O)N1CCOCCOCCOCCOc1cc2c(c3c(C)cccc13)CCN2C=O. The fourth-order valence-corrected chi connectivity index (χ4v) is 4.43. The molecule has 2 aromatic carbocycles. The lowest BCUT2D eigenvalue weighted by Gasteiger charge is -2.17. The Bertz CT molecular complexity index is 1090. The van der Waals surface area contributed by atoms with Gasteiger partial charge in [0.1, 0.15) is 12.4 Å². The molecule has 0 atom stereocenters. The van der Waals surface area contributed by atoms with Crippen molar-refractivity contribution in [2.75, 3.05) is 64.2 Å². The quantitative estimate of drug-likeness (QED) is 0.306. The predicted octanol–water partition coefficient (Wildman–Crippen LogP) is 3.01. The van der Waals surface area contributed by atoms with Crippen molar-refractivity contribution < 1.29 is 28.5 Å². The Kier molecular flexibility index (Phi) is 8.52. The highest BCUT2D eigenvalue weighted by atomic mass is 16.6. The van der Waals surface area contributed by atoms with Crippen molar-refractivity contribution >= 4 is 28.8 Å². The molecule has 8 nitrogen and oxygen atoms in total. The van der Waals surface area contributed by atoms with Gasteiger partial charge in [0.15, 0.2) is 0 Å². The van der Waals surface area contributed by atoms with E-state index in [-0.39, 0.29) is 5.91 Å². The summed E-state index contributed by atoms with van der Waals surface area (Å²) in [4.78, 5) is 26.4. The first-order chi connectivity index (χ1) is 17.1. The fraction of sp³-hybridized carbons (Fsp3) is 0.407. The van der Waals surface area contributed by atoms with Gasteiger partial charge in [0.25, 0.3) is 5.91 Å². The van der Waals surface area contributed by atoms with Crippen molar-refractivity contribution in [2.24, 2.45) is 0 Å². The van der Waals surface area contributed by atoms with Crippen LogP contribution < -0.4 is 9.64 Å². The second-order valence-corrected chi connectivity index (χ2v) is 8.42. The molecule has 35 heavy (non-hydrogen) atoms. The highest BCUT2D eigenvalue weighted by Crippen LogP contribution is 2.40. The molecule has 2 amide bonds. The molecule has 0 fully saturated rings. The second-order valence-electron chi connectivity index (χ2n) is 8.42. The number of hydrogen-bond acceptors (Lipinski definition) is 6. The van der Waals surface area contributed by atoms with E-state index in [1.165, 1.54) is 22.6 Å². The number of ether oxygens (including phenoxy) is 4. The first-order valence-corrected chi connectivity index (χ1v) is 11.9. The maximum atomic E-state index is 11.6. The lowest BCUT2D eigenvalue weighted by Crippen LogP contribution is -2.28. The number of rotatable bonds is 14. The van der Waals surface area contributed by atoms with E-state index in [1.54, 1.807) is 15.9 Å². The van der Waals surface area contributed by atoms with E-state index < -0.39 is 0 Å². The van der Waals surface area contributed by atoms with E-state index in [1.807, 2.05) is 12.1 Å². The summed E-state index contributed by atoms with van der Waals surface area (Å²) in [5, 5.41) is 2.24. The number of allylic oxidation sites excluding steroid dienone is 1. The number of nitrogens with zero attached hydrogens (tertiary/aromatic N) is 2. The fourth-order valence-electron chi connectivity index (χ4n) is 4.43. The molecule has 0 saturated carbocycles. The van der Waals surface area contributed by atoms with Crippen LogP contribution in [0.5, 0.6) is 5.75 Å². The molecule has 0 aliphatic carbocycles. The average Bonchev–Trinajstić information content (AvgIpc) is 3.42. The van der Waals surface area contributed by atoms with Crippen LogP contribution in [0.4, 0.5) is 5.69 Å². The third-order valence-electron chi connectivity index (χ3n) is 6.18. The highest BCUT2D eigenvalue weighted by Gasteiger charge is 2.24. The van der Waals surface area contributed by atoms with Gasteiger partial charge in [-0.15, -0.1) is 0 Å². The van der Waals surface area contributed by atoms with Crippen LogP contribution in [0.2, 0.25) is 0 Å². The number of hydrogen-bond donors (Lipinski definition) is 0. The smallest absolute Gasteiger partial charge is 0.251 e. The normalized spacial score (nSPS) is 14.9. The van der Waals surface area contributed by atoms with Gasteiger partial charge in [-0.2, -0.15) is 0 Å². The van der Waals surface area contributed by atoms with E-state index >= 15 is 0 Å². The highest BCUT2D eigenvalue weighted by molar-refractivity contribution is 6.00. The molecule has 0 radical (unpaired) electrons. The van der Waals surface area contributed by atoms with Crippen LogP contribution in [0.3, 0.4) is 0 Å². The van der Waals surface area contributed by atoms with Gasteiger partial charge >= 0.3 is 0 Å². The zero-order valence-electron chi connectivity index (χ0n) is 20.2. The molecular formula is C27H32N2O6. The van der Waals surface area contributed by atoms with E-state index in [4.69, 9.17) is 18.9 Å². The zero-order chi connectivity index (χ0) is 24.6. The Morgan fingerprint density at radius 2 is 1.71 bits per heavy atom. The van der Waals surface area contributed by atoms with Crippen LogP contribution in [0.1, 0.15) is 11.1 Å². The van der Waals surface area contributed by atoms with Gasteiger partial charge in [0, 0.05) is 36.3 Å². The topological polar surface area (TPSA) is 77.5 Å². The summed E-state index contributed by atoms with van der Waals surface area (Å²) in [5.74, 6) is 0.710. The molecule has 0 N–H and O–H groups in total. The summed E-state index contributed by atoms with van der Waals surface area (Å²) in [6.45, 7) is 10.2. The summed E-state index contributed by atoms with van der Waals surface area (Å²) < 4.78 is 22.7. The number of amides is 2. The standard InChI is InChI=1S/C27H32N2O6/c1-20-4-3-5-23-25(18-24-22(27(20)23)8-9-28(24)19-30)35-17-16-34-15-14-33-13-12-32-11-10-29-21(2)6-7-26(29)31/h3-7,18-19H,2,8-17H2,1H3. The number of benzene rings is 2. The average molecular weight is 481 g/mol. The van der Waals surface area contributed by atoms with E-state index in [2.05, 4.69) is 25.6 Å². The van der Waals surface area contributed by atoms with Gasteiger partial charge in [-0.1, -0.05) is 24.8 Å². The molecule has 0 unspecified atom stereocenters. The minimum absolute atomic E-state index is 0.0570. The zero-order valence-corrected chi connectivity index (χ0v) is 20.2. The first kappa shape index (κ1) is 24.9.